The van der Waals surface area contributed by atoms with Crippen LogP contribution in [0.4, 0.5) is 17.5 Å². The van der Waals surface area contributed by atoms with Crippen LogP contribution in [0.2, 0.25) is 0 Å². The van der Waals surface area contributed by atoms with Crippen molar-refractivity contribution >= 4 is 40.2 Å². The molecule has 1 saturated carbocycles. The number of benzene rings is 1. The van der Waals surface area contributed by atoms with Gasteiger partial charge in [-0.25, -0.2) is 4.98 Å². The van der Waals surface area contributed by atoms with Crippen molar-refractivity contribution in [3.63, 3.8) is 0 Å². The van der Waals surface area contributed by atoms with Crippen molar-refractivity contribution in [1.29, 1.82) is 0 Å². The van der Waals surface area contributed by atoms with Gasteiger partial charge >= 0.3 is 0 Å². The zero-order chi connectivity index (χ0) is 18.3. The summed E-state index contributed by atoms with van der Waals surface area (Å²) in [5.41, 5.74) is 11.6. The molecule has 2 heterocycles. The standard InChI is InChI=1S/C16H16N8O2/c17-12(25)10-7-19-15(23-16(3-4-16)14(18)26)22-13(10)21-9-2-1-8-6-20-24-11(8)5-9/h1-2,5-7H,3-4H2,(H2,17,25)(H2,18,26)(H,20,24)(H2,19,21,22,23). The van der Waals surface area contributed by atoms with Gasteiger partial charge in [-0.2, -0.15) is 10.1 Å². The monoisotopic (exact) mass is 352 g/mol. The summed E-state index contributed by atoms with van der Waals surface area (Å²) in [6.07, 6.45) is 4.25. The van der Waals surface area contributed by atoms with Crippen molar-refractivity contribution in [2.24, 2.45) is 11.5 Å². The second-order valence-electron chi connectivity index (χ2n) is 6.19. The molecular weight excluding hydrogens is 336 g/mol. The van der Waals surface area contributed by atoms with Gasteiger partial charge in [-0.15, -0.1) is 0 Å². The van der Waals surface area contributed by atoms with E-state index in [-0.39, 0.29) is 17.3 Å². The van der Waals surface area contributed by atoms with Gasteiger partial charge in [-0.1, -0.05) is 0 Å². The molecule has 0 bridgehead atoms. The van der Waals surface area contributed by atoms with Crippen LogP contribution in [0.5, 0.6) is 0 Å². The van der Waals surface area contributed by atoms with Gasteiger partial charge in [0.15, 0.2) is 0 Å². The number of fused-ring (bicyclic) bond motifs is 1. The average molecular weight is 352 g/mol. The molecule has 1 aliphatic carbocycles. The second-order valence-corrected chi connectivity index (χ2v) is 6.19. The molecule has 3 aromatic rings. The predicted octanol–water partition coefficient (Wildman–Crippen LogP) is 0.625. The third-order valence-corrected chi connectivity index (χ3v) is 4.33. The number of H-pyrrole nitrogens is 1. The minimum atomic E-state index is -0.819. The first kappa shape index (κ1) is 15.8. The van der Waals surface area contributed by atoms with Crippen LogP contribution < -0.4 is 22.1 Å². The predicted molar refractivity (Wildman–Crippen MR) is 94.7 cm³/mol. The Balaban J connectivity index is 1.67. The highest BCUT2D eigenvalue weighted by molar-refractivity contribution is 5.98. The van der Waals surface area contributed by atoms with Gasteiger partial charge in [0.05, 0.1) is 11.7 Å². The Morgan fingerprint density at radius 1 is 1.19 bits per heavy atom. The summed E-state index contributed by atoms with van der Waals surface area (Å²) >= 11 is 0. The lowest BCUT2D eigenvalue weighted by atomic mass is 10.2. The van der Waals surface area contributed by atoms with Gasteiger partial charge in [-0.05, 0) is 31.0 Å². The number of anilines is 3. The number of nitrogens with zero attached hydrogens (tertiary/aromatic N) is 3. The maximum Gasteiger partial charge on any atom is 0.254 e. The molecule has 0 spiro atoms. The van der Waals surface area contributed by atoms with Crippen molar-refractivity contribution in [3.05, 3.63) is 36.2 Å². The lowest BCUT2D eigenvalue weighted by Crippen LogP contribution is -2.38. The van der Waals surface area contributed by atoms with E-state index >= 15 is 0 Å². The summed E-state index contributed by atoms with van der Waals surface area (Å²) in [6.45, 7) is 0. The van der Waals surface area contributed by atoms with E-state index in [4.69, 9.17) is 11.5 Å². The molecule has 0 unspecified atom stereocenters. The minimum absolute atomic E-state index is 0.129. The Morgan fingerprint density at radius 3 is 2.69 bits per heavy atom. The number of carbonyl (C=O) groups is 2. The van der Waals surface area contributed by atoms with Gasteiger partial charge in [0.2, 0.25) is 11.9 Å². The molecule has 0 aliphatic heterocycles. The number of aromatic amines is 1. The molecule has 26 heavy (non-hydrogen) atoms. The zero-order valence-corrected chi connectivity index (χ0v) is 13.6. The molecule has 2 amide bonds. The first-order valence-electron chi connectivity index (χ1n) is 7.92. The fourth-order valence-corrected chi connectivity index (χ4v) is 2.64. The highest BCUT2D eigenvalue weighted by Gasteiger charge is 2.49. The first-order chi connectivity index (χ1) is 12.5. The van der Waals surface area contributed by atoms with Crippen LogP contribution in [-0.4, -0.2) is 37.5 Å². The Hall–Kier alpha value is -3.69. The molecular formula is C16H16N8O2. The number of nitrogens with one attached hydrogen (secondary N) is 3. The van der Waals surface area contributed by atoms with Gasteiger partial charge < -0.3 is 22.1 Å². The second kappa shape index (κ2) is 5.69. The molecule has 1 fully saturated rings. The number of carbonyl (C=O) groups excluding carboxylic acids is 2. The van der Waals surface area contributed by atoms with Crippen molar-refractivity contribution < 1.29 is 9.59 Å². The largest absolute Gasteiger partial charge is 0.368 e. The van der Waals surface area contributed by atoms with Gasteiger partial charge in [0.25, 0.3) is 5.91 Å². The summed E-state index contributed by atoms with van der Waals surface area (Å²) in [5.74, 6) is -0.706. The van der Waals surface area contributed by atoms with Crippen LogP contribution in [0.15, 0.2) is 30.6 Å². The zero-order valence-electron chi connectivity index (χ0n) is 13.6. The lowest BCUT2D eigenvalue weighted by molar-refractivity contribution is -0.119. The molecule has 4 rings (SSSR count). The van der Waals surface area contributed by atoms with Crippen LogP contribution >= 0.6 is 0 Å². The van der Waals surface area contributed by atoms with Crippen molar-refractivity contribution in [1.82, 2.24) is 20.2 Å². The smallest absolute Gasteiger partial charge is 0.254 e. The minimum Gasteiger partial charge on any atom is -0.368 e. The average Bonchev–Trinajstić information content (AvgIpc) is 3.23. The van der Waals surface area contributed by atoms with E-state index in [1.807, 2.05) is 18.2 Å². The maximum atomic E-state index is 11.7. The van der Waals surface area contributed by atoms with Crippen LogP contribution in [0.25, 0.3) is 10.9 Å². The fourth-order valence-electron chi connectivity index (χ4n) is 2.64. The van der Waals surface area contributed by atoms with Gasteiger partial charge in [-0.3, -0.25) is 14.7 Å². The van der Waals surface area contributed by atoms with E-state index in [0.717, 1.165) is 10.9 Å². The Kier molecular flexibility index (Phi) is 3.46. The molecule has 1 aromatic carbocycles. The van der Waals surface area contributed by atoms with Crippen LogP contribution in [0, 0.1) is 0 Å². The lowest BCUT2D eigenvalue weighted by Gasteiger charge is -2.15. The molecule has 0 saturated heterocycles. The van der Waals surface area contributed by atoms with E-state index in [2.05, 4.69) is 30.8 Å². The molecule has 7 N–H and O–H groups in total. The summed E-state index contributed by atoms with van der Waals surface area (Å²) in [7, 11) is 0. The first-order valence-corrected chi connectivity index (χ1v) is 7.92. The molecule has 132 valence electrons. The number of amides is 2. The number of rotatable bonds is 6. The Labute approximate surface area is 147 Å². The summed E-state index contributed by atoms with van der Waals surface area (Å²) in [5, 5.41) is 13.8. The SMILES string of the molecule is NC(=O)c1cnc(NC2(C(N)=O)CC2)nc1Nc1ccc2cn[nH]c2c1. The molecule has 1 aliphatic rings. The third kappa shape index (κ3) is 2.77. The number of aromatic nitrogens is 4. The molecule has 0 atom stereocenters. The summed E-state index contributed by atoms with van der Waals surface area (Å²) in [6, 6.07) is 5.52. The van der Waals surface area contributed by atoms with Crippen LogP contribution in [0.1, 0.15) is 23.2 Å². The van der Waals surface area contributed by atoms with Crippen molar-refractivity contribution in [2.75, 3.05) is 10.6 Å². The third-order valence-electron chi connectivity index (χ3n) is 4.33. The molecule has 2 aromatic heterocycles. The maximum absolute atomic E-state index is 11.7. The molecule has 10 nitrogen and oxygen atoms in total. The highest BCUT2D eigenvalue weighted by atomic mass is 16.2. The number of hydrogen-bond acceptors (Lipinski definition) is 7. The van der Waals surface area contributed by atoms with E-state index < -0.39 is 17.4 Å². The van der Waals surface area contributed by atoms with Crippen LogP contribution in [-0.2, 0) is 4.79 Å². The number of primary amides is 2. The van der Waals surface area contributed by atoms with E-state index in [0.29, 0.717) is 18.5 Å². The van der Waals surface area contributed by atoms with E-state index in [9.17, 15) is 9.59 Å². The topological polar surface area (TPSA) is 165 Å². The fraction of sp³-hybridized carbons (Fsp3) is 0.188. The Morgan fingerprint density at radius 2 is 2.00 bits per heavy atom. The van der Waals surface area contributed by atoms with Gasteiger partial charge in [0, 0.05) is 17.3 Å². The number of nitrogens with two attached hydrogens (primary N) is 2. The van der Waals surface area contributed by atoms with Gasteiger partial charge in [0.1, 0.15) is 16.9 Å². The van der Waals surface area contributed by atoms with E-state index in [1.165, 1.54) is 6.20 Å². The van der Waals surface area contributed by atoms with Crippen molar-refractivity contribution in [2.45, 2.75) is 18.4 Å². The quantitative estimate of drug-likeness (QED) is 0.434. The normalized spacial score (nSPS) is 14.8. The summed E-state index contributed by atoms with van der Waals surface area (Å²) in [4.78, 5) is 31.6. The molecule has 10 heteroatoms. The van der Waals surface area contributed by atoms with Crippen molar-refractivity contribution in [3.8, 4) is 0 Å². The Bertz CT molecular complexity index is 1020. The highest BCUT2D eigenvalue weighted by Crippen LogP contribution is 2.38. The summed E-state index contributed by atoms with van der Waals surface area (Å²) < 4.78 is 0. The van der Waals surface area contributed by atoms with E-state index in [1.54, 1.807) is 6.20 Å². The molecule has 0 radical (unpaired) electrons. The van der Waals surface area contributed by atoms with Crippen LogP contribution in [0.3, 0.4) is 0 Å². The number of hydrogen-bond donors (Lipinski definition) is 5.